The Morgan fingerprint density at radius 3 is 2.21 bits per heavy atom. The van der Waals surface area contributed by atoms with Crippen LogP contribution in [-0.4, -0.2) is 75.3 Å². The zero-order chi connectivity index (χ0) is 19.6. The Balaban J connectivity index is 1.42. The van der Waals surface area contributed by atoms with Crippen LogP contribution in [0.3, 0.4) is 0 Å². The second-order valence-corrected chi connectivity index (χ2v) is 8.77. The van der Waals surface area contributed by atoms with Gasteiger partial charge in [-0.1, -0.05) is 12.1 Å². The van der Waals surface area contributed by atoms with Crippen molar-refractivity contribution < 1.29 is 18.3 Å². The van der Waals surface area contributed by atoms with Gasteiger partial charge in [0.05, 0.1) is 18.9 Å². The lowest BCUT2D eigenvalue weighted by molar-refractivity contribution is 0.0730. The number of ether oxygens (including phenoxy) is 1. The third kappa shape index (κ3) is 3.78. The van der Waals surface area contributed by atoms with E-state index in [-0.39, 0.29) is 10.6 Å². The summed E-state index contributed by atoms with van der Waals surface area (Å²) in [5.74, 6) is 1.05. The average molecular weight is 404 g/mol. The monoisotopic (exact) mass is 404 g/mol. The zero-order valence-corrected chi connectivity index (χ0v) is 16.4. The largest absolute Gasteiger partial charge is 0.506 e. The molecule has 1 aromatic heterocycles. The maximum atomic E-state index is 12.7. The number of rotatable bonds is 4. The molecule has 0 aliphatic carbocycles. The van der Waals surface area contributed by atoms with Crippen LogP contribution < -0.4 is 9.80 Å². The minimum Gasteiger partial charge on any atom is -0.506 e. The Labute approximate surface area is 165 Å². The molecule has 3 heterocycles. The van der Waals surface area contributed by atoms with Crippen molar-refractivity contribution in [3.8, 4) is 5.75 Å². The Kier molecular flexibility index (Phi) is 5.38. The lowest BCUT2D eigenvalue weighted by Gasteiger charge is -2.37. The van der Waals surface area contributed by atoms with E-state index < -0.39 is 10.0 Å². The van der Waals surface area contributed by atoms with Crippen LogP contribution in [0.4, 0.5) is 11.5 Å². The van der Waals surface area contributed by atoms with Crippen molar-refractivity contribution in [1.82, 2.24) is 9.29 Å². The molecule has 0 bridgehead atoms. The number of morpholine rings is 1. The number of pyridine rings is 1. The third-order valence-electron chi connectivity index (χ3n) is 5.15. The molecule has 0 unspecified atom stereocenters. The smallest absolute Gasteiger partial charge is 0.244 e. The van der Waals surface area contributed by atoms with E-state index in [0.717, 1.165) is 37.7 Å². The number of phenolic OH excluding ortho intramolecular Hbond substituents is 1. The second-order valence-electron chi connectivity index (χ2n) is 6.83. The summed E-state index contributed by atoms with van der Waals surface area (Å²) in [6.45, 7) is 4.60. The number of hydrogen-bond donors (Lipinski definition) is 1. The fourth-order valence-corrected chi connectivity index (χ4v) is 4.91. The molecule has 9 heteroatoms. The number of aromatic hydroxyl groups is 1. The van der Waals surface area contributed by atoms with Gasteiger partial charge < -0.3 is 19.6 Å². The molecular formula is C19H24N4O4S. The van der Waals surface area contributed by atoms with Gasteiger partial charge in [0.2, 0.25) is 10.0 Å². The van der Waals surface area contributed by atoms with E-state index in [0.29, 0.717) is 26.3 Å². The molecule has 2 saturated heterocycles. The molecule has 2 aromatic rings. The molecule has 2 aliphatic rings. The summed E-state index contributed by atoms with van der Waals surface area (Å²) in [4.78, 5) is 8.88. The Bertz CT molecular complexity index is 906. The second kappa shape index (κ2) is 7.94. The van der Waals surface area contributed by atoms with Crippen LogP contribution in [0.25, 0.3) is 0 Å². The summed E-state index contributed by atoms with van der Waals surface area (Å²) in [5, 5.41) is 10.0. The summed E-state index contributed by atoms with van der Waals surface area (Å²) < 4.78 is 32.1. The minimum absolute atomic E-state index is 0.214. The van der Waals surface area contributed by atoms with Crippen molar-refractivity contribution in [2.24, 2.45) is 0 Å². The summed E-state index contributed by atoms with van der Waals surface area (Å²) in [7, 11) is -3.52. The van der Waals surface area contributed by atoms with Crippen LogP contribution in [-0.2, 0) is 14.8 Å². The van der Waals surface area contributed by atoms with E-state index in [4.69, 9.17) is 4.74 Å². The van der Waals surface area contributed by atoms with Crippen LogP contribution in [0, 0.1) is 0 Å². The zero-order valence-electron chi connectivity index (χ0n) is 15.6. The minimum atomic E-state index is -3.52. The van der Waals surface area contributed by atoms with E-state index in [1.165, 1.54) is 10.5 Å². The molecule has 0 atom stereocenters. The fourth-order valence-electron chi connectivity index (χ4n) is 3.56. The van der Waals surface area contributed by atoms with E-state index in [1.54, 1.807) is 18.2 Å². The van der Waals surface area contributed by atoms with Gasteiger partial charge in [-0.2, -0.15) is 4.31 Å². The standard InChI is InChI=1S/C19H24N4O4S/c24-18-4-2-1-3-17(18)21-7-9-22(10-8-21)19-6-5-16(15-20-19)28(25,26)23-11-13-27-14-12-23/h1-6,15,24H,7-14H2. The maximum absolute atomic E-state index is 12.7. The molecule has 0 spiro atoms. The van der Waals surface area contributed by atoms with Crippen molar-refractivity contribution in [2.45, 2.75) is 4.90 Å². The maximum Gasteiger partial charge on any atom is 0.244 e. The fraction of sp³-hybridized carbons (Fsp3) is 0.421. The molecule has 0 amide bonds. The van der Waals surface area contributed by atoms with Gasteiger partial charge in [-0.3, -0.25) is 0 Å². The molecule has 2 fully saturated rings. The number of aromatic nitrogens is 1. The highest BCUT2D eigenvalue weighted by atomic mass is 32.2. The van der Waals surface area contributed by atoms with Gasteiger partial charge in [-0.05, 0) is 24.3 Å². The van der Waals surface area contributed by atoms with Crippen LogP contribution in [0.2, 0.25) is 0 Å². The van der Waals surface area contributed by atoms with Crippen molar-refractivity contribution >= 4 is 21.5 Å². The van der Waals surface area contributed by atoms with Gasteiger partial charge in [0.1, 0.15) is 16.5 Å². The molecule has 28 heavy (non-hydrogen) atoms. The number of phenols is 1. The predicted octanol–water partition coefficient (Wildman–Crippen LogP) is 1.13. The van der Waals surface area contributed by atoms with Crippen molar-refractivity contribution in [1.29, 1.82) is 0 Å². The number of para-hydroxylation sites is 2. The summed E-state index contributed by atoms with van der Waals surface area (Å²) >= 11 is 0. The molecule has 1 aromatic carbocycles. The highest BCUT2D eigenvalue weighted by molar-refractivity contribution is 7.89. The number of anilines is 2. The highest BCUT2D eigenvalue weighted by Crippen LogP contribution is 2.28. The Hall–Kier alpha value is -2.36. The first-order valence-corrected chi connectivity index (χ1v) is 10.8. The van der Waals surface area contributed by atoms with Crippen LogP contribution in [0.5, 0.6) is 5.75 Å². The van der Waals surface area contributed by atoms with Crippen LogP contribution >= 0.6 is 0 Å². The van der Waals surface area contributed by atoms with E-state index in [1.807, 2.05) is 18.2 Å². The number of sulfonamides is 1. The Morgan fingerprint density at radius 1 is 0.893 bits per heavy atom. The molecule has 1 N–H and O–H groups in total. The lowest BCUT2D eigenvalue weighted by atomic mass is 10.2. The average Bonchev–Trinajstić information content (AvgIpc) is 2.75. The number of piperazine rings is 1. The van der Waals surface area contributed by atoms with E-state index in [9.17, 15) is 13.5 Å². The molecular weight excluding hydrogens is 380 g/mol. The van der Waals surface area contributed by atoms with Crippen LogP contribution in [0.15, 0.2) is 47.5 Å². The lowest BCUT2D eigenvalue weighted by Crippen LogP contribution is -2.46. The molecule has 150 valence electrons. The van der Waals surface area contributed by atoms with Gasteiger partial charge in [0.15, 0.2) is 0 Å². The molecule has 4 rings (SSSR count). The number of benzene rings is 1. The first-order valence-electron chi connectivity index (χ1n) is 9.37. The number of hydrogen-bond acceptors (Lipinski definition) is 7. The SMILES string of the molecule is O=S(=O)(c1ccc(N2CCN(c3ccccc3O)CC2)nc1)N1CCOCC1. The third-order valence-corrected chi connectivity index (χ3v) is 7.04. The van der Waals surface area contributed by atoms with Crippen LogP contribution in [0.1, 0.15) is 0 Å². The normalized spacial score (nSPS) is 19.0. The van der Waals surface area contributed by atoms with Crippen molar-refractivity contribution in [2.75, 3.05) is 62.3 Å². The van der Waals surface area contributed by atoms with Gasteiger partial charge in [-0.25, -0.2) is 13.4 Å². The van der Waals surface area contributed by atoms with E-state index in [2.05, 4.69) is 14.8 Å². The molecule has 0 radical (unpaired) electrons. The highest BCUT2D eigenvalue weighted by Gasteiger charge is 2.27. The van der Waals surface area contributed by atoms with Gasteiger partial charge in [-0.15, -0.1) is 0 Å². The van der Waals surface area contributed by atoms with Gasteiger partial charge in [0.25, 0.3) is 0 Å². The first-order chi connectivity index (χ1) is 13.6. The molecule has 8 nitrogen and oxygen atoms in total. The van der Waals surface area contributed by atoms with E-state index >= 15 is 0 Å². The molecule has 0 saturated carbocycles. The van der Waals surface area contributed by atoms with Crippen molar-refractivity contribution in [3.63, 3.8) is 0 Å². The van der Waals surface area contributed by atoms with Gasteiger partial charge in [0, 0.05) is 45.5 Å². The Morgan fingerprint density at radius 2 is 1.57 bits per heavy atom. The summed E-state index contributed by atoms with van der Waals surface area (Å²) in [6, 6.07) is 10.7. The van der Waals surface area contributed by atoms with Crippen molar-refractivity contribution in [3.05, 3.63) is 42.6 Å². The molecule has 2 aliphatic heterocycles. The first kappa shape index (κ1) is 19.0. The number of nitrogens with zero attached hydrogens (tertiary/aromatic N) is 4. The summed E-state index contributed by atoms with van der Waals surface area (Å²) in [5.41, 5.74) is 0.835. The quantitative estimate of drug-likeness (QED) is 0.818. The van der Waals surface area contributed by atoms with Gasteiger partial charge >= 0.3 is 0 Å². The topological polar surface area (TPSA) is 86.2 Å². The summed E-state index contributed by atoms with van der Waals surface area (Å²) in [6.07, 6.45) is 1.44. The predicted molar refractivity (Wildman–Crippen MR) is 106 cm³/mol.